The fourth-order valence-corrected chi connectivity index (χ4v) is 3.41. The lowest BCUT2D eigenvalue weighted by Gasteiger charge is -2.27. The standard InChI is InChI=1S/C23H37N5O6S/c1-13(2)19(22(32)26-17(23(33)34)5-3-4-10-24)28-21(31)18(27-20(30)16(25)12-35)11-14-6-8-15(29)9-7-14/h6-9,13,16-19,29,35H,3-5,10-12,24-25H2,1-2H3,(H,26,32)(H,27,30)(H,28,31)(H,33,34). The maximum atomic E-state index is 13.2. The minimum atomic E-state index is -1.18. The lowest BCUT2D eigenvalue weighted by molar-refractivity contribution is -0.142. The molecule has 11 nitrogen and oxygen atoms in total. The van der Waals surface area contributed by atoms with Crippen molar-refractivity contribution in [1.29, 1.82) is 0 Å². The SMILES string of the molecule is CC(C)C(NC(=O)C(Cc1ccc(O)cc1)NC(=O)C(N)CS)C(=O)NC(CCCCN)C(=O)O. The normalized spacial score (nSPS) is 14.5. The van der Waals surface area contributed by atoms with Crippen LogP contribution in [0.4, 0.5) is 0 Å². The van der Waals surface area contributed by atoms with E-state index >= 15 is 0 Å². The molecule has 0 bridgehead atoms. The summed E-state index contributed by atoms with van der Waals surface area (Å²) < 4.78 is 0. The van der Waals surface area contributed by atoms with Crippen LogP contribution in [0.15, 0.2) is 24.3 Å². The molecule has 0 aliphatic carbocycles. The lowest BCUT2D eigenvalue weighted by atomic mass is 10.00. The molecule has 12 heteroatoms. The van der Waals surface area contributed by atoms with Crippen molar-refractivity contribution in [1.82, 2.24) is 16.0 Å². The molecule has 0 spiro atoms. The highest BCUT2D eigenvalue weighted by Crippen LogP contribution is 2.13. The van der Waals surface area contributed by atoms with Crippen molar-refractivity contribution in [2.75, 3.05) is 12.3 Å². The molecule has 0 aliphatic heterocycles. The van der Waals surface area contributed by atoms with Gasteiger partial charge in [0, 0.05) is 12.2 Å². The van der Waals surface area contributed by atoms with Crippen molar-refractivity contribution in [3.63, 3.8) is 0 Å². The molecule has 4 unspecified atom stereocenters. The van der Waals surface area contributed by atoms with E-state index in [0.29, 0.717) is 24.9 Å². The number of aliphatic carboxylic acids is 1. The smallest absolute Gasteiger partial charge is 0.326 e. The number of phenolic OH excluding ortho intramolecular Hbond substituents is 1. The second kappa shape index (κ2) is 15.2. The summed E-state index contributed by atoms with van der Waals surface area (Å²) in [5, 5.41) is 26.7. The number of amides is 3. The number of carboxylic acids is 1. The molecular formula is C23H37N5O6S. The Morgan fingerprint density at radius 1 is 0.943 bits per heavy atom. The van der Waals surface area contributed by atoms with Gasteiger partial charge in [-0.05, 0) is 49.4 Å². The molecular weight excluding hydrogens is 474 g/mol. The zero-order valence-electron chi connectivity index (χ0n) is 20.1. The average molecular weight is 512 g/mol. The van der Waals surface area contributed by atoms with Crippen LogP contribution in [0.3, 0.4) is 0 Å². The number of carboxylic acid groups (broad SMARTS) is 1. The van der Waals surface area contributed by atoms with Gasteiger partial charge < -0.3 is 37.6 Å². The largest absolute Gasteiger partial charge is 0.508 e. The first-order valence-electron chi connectivity index (χ1n) is 11.5. The summed E-state index contributed by atoms with van der Waals surface area (Å²) in [6, 6.07) is 1.93. The van der Waals surface area contributed by atoms with Crippen LogP contribution in [0.2, 0.25) is 0 Å². The van der Waals surface area contributed by atoms with Gasteiger partial charge in [0.2, 0.25) is 17.7 Å². The van der Waals surface area contributed by atoms with E-state index in [-0.39, 0.29) is 30.3 Å². The van der Waals surface area contributed by atoms with E-state index in [1.54, 1.807) is 26.0 Å². The molecule has 0 heterocycles. The molecule has 3 amide bonds. The van der Waals surface area contributed by atoms with Crippen molar-refractivity contribution in [2.24, 2.45) is 17.4 Å². The van der Waals surface area contributed by atoms with E-state index in [0.717, 1.165) is 0 Å². The fourth-order valence-electron chi connectivity index (χ4n) is 3.24. The first-order valence-corrected chi connectivity index (χ1v) is 12.1. The zero-order chi connectivity index (χ0) is 26.5. The van der Waals surface area contributed by atoms with Gasteiger partial charge >= 0.3 is 5.97 Å². The summed E-state index contributed by atoms with van der Waals surface area (Å²) >= 11 is 4.01. The highest BCUT2D eigenvalue weighted by molar-refractivity contribution is 7.80. The number of rotatable bonds is 15. The average Bonchev–Trinajstić information content (AvgIpc) is 2.81. The molecule has 196 valence electrons. The van der Waals surface area contributed by atoms with Crippen molar-refractivity contribution in [3.05, 3.63) is 29.8 Å². The summed E-state index contributed by atoms with van der Waals surface area (Å²) in [6.07, 6.45) is 1.42. The summed E-state index contributed by atoms with van der Waals surface area (Å²) in [5.74, 6) is -3.30. The number of hydrogen-bond donors (Lipinski definition) is 8. The molecule has 35 heavy (non-hydrogen) atoms. The maximum Gasteiger partial charge on any atom is 0.326 e. The van der Waals surface area contributed by atoms with Crippen LogP contribution in [0, 0.1) is 5.92 Å². The number of hydrogen-bond acceptors (Lipinski definition) is 8. The zero-order valence-corrected chi connectivity index (χ0v) is 21.0. The molecule has 1 rings (SSSR count). The third-order valence-electron chi connectivity index (χ3n) is 5.35. The maximum absolute atomic E-state index is 13.2. The van der Waals surface area contributed by atoms with E-state index in [1.807, 2.05) is 0 Å². The quantitative estimate of drug-likeness (QED) is 0.114. The molecule has 0 aliphatic rings. The Morgan fingerprint density at radius 2 is 1.54 bits per heavy atom. The molecule has 0 radical (unpaired) electrons. The van der Waals surface area contributed by atoms with E-state index in [9.17, 15) is 29.4 Å². The molecule has 1 aromatic rings. The van der Waals surface area contributed by atoms with Gasteiger partial charge in [-0.15, -0.1) is 0 Å². The molecule has 9 N–H and O–H groups in total. The Morgan fingerprint density at radius 3 is 2.06 bits per heavy atom. The lowest BCUT2D eigenvalue weighted by Crippen LogP contribution is -2.59. The van der Waals surface area contributed by atoms with Gasteiger partial charge in [-0.1, -0.05) is 26.0 Å². The predicted molar refractivity (Wildman–Crippen MR) is 135 cm³/mol. The van der Waals surface area contributed by atoms with Crippen LogP contribution in [0.25, 0.3) is 0 Å². The monoisotopic (exact) mass is 511 g/mol. The van der Waals surface area contributed by atoms with Crippen LogP contribution < -0.4 is 27.4 Å². The Labute approximate surface area is 210 Å². The van der Waals surface area contributed by atoms with Gasteiger partial charge in [-0.3, -0.25) is 14.4 Å². The number of carbonyl (C=O) groups excluding carboxylic acids is 3. The Hall–Kier alpha value is -2.83. The third-order valence-corrected chi connectivity index (χ3v) is 5.74. The second-order valence-electron chi connectivity index (χ2n) is 8.63. The number of thiol groups is 1. The van der Waals surface area contributed by atoms with Crippen molar-refractivity contribution in [2.45, 2.75) is 63.7 Å². The number of nitrogens with one attached hydrogen (secondary N) is 3. The highest BCUT2D eigenvalue weighted by Gasteiger charge is 2.31. The van der Waals surface area contributed by atoms with Crippen molar-refractivity contribution in [3.8, 4) is 5.75 Å². The number of unbranched alkanes of at least 4 members (excludes halogenated alkanes) is 1. The summed E-state index contributed by atoms with van der Waals surface area (Å²) in [7, 11) is 0. The Bertz CT molecular complexity index is 851. The van der Waals surface area contributed by atoms with Gasteiger partial charge in [-0.25, -0.2) is 4.79 Å². The summed E-state index contributed by atoms with van der Waals surface area (Å²) in [6.45, 7) is 3.83. The van der Waals surface area contributed by atoms with Crippen LogP contribution in [0.1, 0.15) is 38.7 Å². The first kappa shape index (κ1) is 30.2. The number of phenols is 1. The minimum Gasteiger partial charge on any atom is -0.508 e. The van der Waals surface area contributed by atoms with Crippen LogP contribution in [-0.4, -0.2) is 70.4 Å². The topological polar surface area (TPSA) is 197 Å². The van der Waals surface area contributed by atoms with Gasteiger partial charge in [0.1, 0.15) is 23.9 Å². The number of benzene rings is 1. The van der Waals surface area contributed by atoms with Crippen molar-refractivity contribution < 1.29 is 29.4 Å². The number of carbonyl (C=O) groups is 4. The van der Waals surface area contributed by atoms with Gasteiger partial charge in [-0.2, -0.15) is 12.6 Å². The second-order valence-corrected chi connectivity index (χ2v) is 9.00. The molecule has 0 saturated heterocycles. The number of aromatic hydroxyl groups is 1. The van der Waals surface area contributed by atoms with E-state index in [2.05, 4.69) is 28.6 Å². The predicted octanol–water partition coefficient (Wildman–Crippen LogP) is -0.484. The molecule has 0 aromatic heterocycles. The highest BCUT2D eigenvalue weighted by atomic mass is 32.1. The van der Waals surface area contributed by atoms with Gasteiger partial charge in [0.15, 0.2) is 0 Å². The molecule has 0 fully saturated rings. The van der Waals surface area contributed by atoms with Crippen LogP contribution >= 0.6 is 12.6 Å². The van der Waals surface area contributed by atoms with Crippen LogP contribution in [0.5, 0.6) is 5.75 Å². The summed E-state index contributed by atoms with van der Waals surface area (Å²) in [5.41, 5.74) is 11.8. The molecule has 1 aromatic carbocycles. The Balaban J connectivity index is 3.03. The van der Waals surface area contributed by atoms with Crippen molar-refractivity contribution >= 4 is 36.3 Å². The first-order chi connectivity index (χ1) is 16.5. The van der Waals surface area contributed by atoms with E-state index in [1.165, 1.54) is 12.1 Å². The Kier molecular flexibility index (Phi) is 13.1. The van der Waals surface area contributed by atoms with Gasteiger partial charge in [0.05, 0.1) is 6.04 Å². The third kappa shape index (κ3) is 10.5. The fraction of sp³-hybridized carbons (Fsp3) is 0.565. The molecule has 0 saturated carbocycles. The summed E-state index contributed by atoms with van der Waals surface area (Å²) in [4.78, 5) is 50.0. The van der Waals surface area contributed by atoms with E-state index < -0.39 is 47.9 Å². The number of nitrogens with two attached hydrogens (primary N) is 2. The van der Waals surface area contributed by atoms with Crippen LogP contribution in [-0.2, 0) is 25.6 Å². The molecule has 4 atom stereocenters. The van der Waals surface area contributed by atoms with Gasteiger partial charge in [0.25, 0.3) is 0 Å². The van der Waals surface area contributed by atoms with E-state index in [4.69, 9.17) is 11.5 Å². The minimum absolute atomic E-state index is 0.0480.